The van der Waals surface area contributed by atoms with E-state index < -0.39 is 12.1 Å². The molecule has 0 aromatic carbocycles. The highest BCUT2D eigenvalue weighted by atomic mass is 16.2. The number of nitrogens with one attached hydrogen (secondary N) is 1. The van der Waals surface area contributed by atoms with Gasteiger partial charge in [0, 0.05) is 37.7 Å². The third kappa shape index (κ3) is 4.29. The van der Waals surface area contributed by atoms with Crippen molar-refractivity contribution < 1.29 is 9.59 Å². The Morgan fingerprint density at radius 2 is 2.04 bits per heavy atom. The van der Waals surface area contributed by atoms with Crippen molar-refractivity contribution in [3.8, 4) is 0 Å². The van der Waals surface area contributed by atoms with Gasteiger partial charge < -0.3 is 21.0 Å². The predicted molar refractivity (Wildman–Crippen MR) is 97.7 cm³/mol. The number of amides is 2. The van der Waals surface area contributed by atoms with Gasteiger partial charge in [0.05, 0.1) is 5.70 Å². The molecule has 2 amide bonds. The highest BCUT2D eigenvalue weighted by Gasteiger charge is 2.39. The van der Waals surface area contributed by atoms with E-state index in [9.17, 15) is 9.59 Å². The summed E-state index contributed by atoms with van der Waals surface area (Å²) in [5, 5.41) is 3.93. The lowest BCUT2D eigenvalue weighted by molar-refractivity contribution is -0.143. The molecule has 1 fully saturated rings. The van der Waals surface area contributed by atoms with Crippen LogP contribution in [0.3, 0.4) is 0 Å². The van der Waals surface area contributed by atoms with Crippen molar-refractivity contribution in [2.24, 2.45) is 17.5 Å². The van der Waals surface area contributed by atoms with E-state index in [-0.39, 0.29) is 17.7 Å². The molecular weight excluding hydrogens is 334 g/mol. The van der Waals surface area contributed by atoms with Gasteiger partial charge in [0.15, 0.2) is 0 Å². The number of nitrogens with zero attached hydrogens (tertiary/aromatic N) is 4. The fourth-order valence-electron chi connectivity index (χ4n) is 3.16. The largest absolute Gasteiger partial charge is 0.397 e. The molecule has 2 unspecified atom stereocenters. The highest BCUT2D eigenvalue weighted by molar-refractivity contribution is 5.90. The van der Waals surface area contributed by atoms with Crippen LogP contribution >= 0.6 is 0 Å². The van der Waals surface area contributed by atoms with Crippen LogP contribution in [0.2, 0.25) is 0 Å². The Morgan fingerprint density at radius 1 is 1.38 bits per heavy atom. The maximum atomic E-state index is 13.1. The molecule has 5 N–H and O–H groups in total. The van der Waals surface area contributed by atoms with Crippen LogP contribution in [0.15, 0.2) is 24.9 Å². The van der Waals surface area contributed by atoms with Crippen molar-refractivity contribution in [3.63, 3.8) is 0 Å². The molecule has 0 radical (unpaired) electrons. The van der Waals surface area contributed by atoms with E-state index in [0.717, 1.165) is 6.42 Å². The summed E-state index contributed by atoms with van der Waals surface area (Å²) >= 11 is 0. The minimum absolute atomic E-state index is 0.0745. The first-order valence-electron chi connectivity index (χ1n) is 8.64. The maximum absolute atomic E-state index is 13.1. The molecule has 1 aliphatic heterocycles. The molecule has 0 aliphatic carbocycles. The minimum Gasteiger partial charge on any atom is -0.397 e. The Hall–Kier alpha value is -2.68. The minimum atomic E-state index is -0.636. The number of likely N-dealkylation sites (N-methyl/N-ethyl adjacent to an activating group) is 1. The lowest BCUT2D eigenvalue weighted by Gasteiger charge is -2.34. The molecule has 0 bridgehead atoms. The fourth-order valence-corrected chi connectivity index (χ4v) is 3.16. The first-order chi connectivity index (χ1) is 12.4. The number of nitrogens with two attached hydrogens (primary N) is 2. The van der Waals surface area contributed by atoms with Crippen LogP contribution in [0.25, 0.3) is 5.70 Å². The van der Waals surface area contributed by atoms with Crippen molar-refractivity contribution in [3.05, 3.63) is 30.5 Å². The van der Waals surface area contributed by atoms with Crippen molar-refractivity contribution in [1.82, 2.24) is 25.2 Å². The van der Waals surface area contributed by atoms with Gasteiger partial charge in [-0.3, -0.25) is 9.59 Å². The number of hydrogen-bond acceptors (Lipinski definition) is 7. The molecule has 1 aliphatic rings. The molecule has 2 heterocycles. The van der Waals surface area contributed by atoms with Crippen LogP contribution in [0, 0.1) is 5.92 Å². The van der Waals surface area contributed by atoms with Gasteiger partial charge in [-0.1, -0.05) is 13.8 Å². The van der Waals surface area contributed by atoms with E-state index in [2.05, 4.69) is 15.3 Å². The lowest BCUT2D eigenvalue weighted by Crippen LogP contribution is -2.55. The van der Waals surface area contributed by atoms with E-state index >= 15 is 0 Å². The van der Waals surface area contributed by atoms with E-state index in [1.165, 1.54) is 17.5 Å². The van der Waals surface area contributed by atoms with Crippen molar-refractivity contribution in [2.75, 3.05) is 13.6 Å². The summed E-state index contributed by atoms with van der Waals surface area (Å²) in [6.07, 6.45) is 7.50. The molecule has 2 rings (SSSR count). The summed E-state index contributed by atoms with van der Waals surface area (Å²) in [5.74, 6) is 5.76. The van der Waals surface area contributed by atoms with Gasteiger partial charge in [-0.05, 0) is 18.8 Å². The van der Waals surface area contributed by atoms with Gasteiger partial charge in [0.25, 0.3) is 0 Å². The van der Waals surface area contributed by atoms with Gasteiger partial charge in [-0.15, -0.1) is 0 Å². The molecule has 9 heteroatoms. The second-order valence-electron chi connectivity index (χ2n) is 6.65. The third-order valence-electron chi connectivity index (χ3n) is 4.47. The van der Waals surface area contributed by atoms with Crippen LogP contribution < -0.4 is 16.9 Å². The highest BCUT2D eigenvalue weighted by Crippen LogP contribution is 2.22. The van der Waals surface area contributed by atoms with Crippen LogP contribution in [0.1, 0.15) is 32.3 Å². The maximum Gasteiger partial charge on any atom is 0.247 e. The standard InChI is InChI=1S/C17H27N7O2/c1-11(2)15(17(26)23-6-4-5-14(23)16(25)20-3)24(19)9-13(18)12-7-21-10-22-8-12/h7-11,14-15H,4-6,18-19H2,1-3H3,(H,20,25)/b13-9-. The first-order valence-corrected chi connectivity index (χ1v) is 8.64. The van der Waals surface area contributed by atoms with Gasteiger partial charge in [0.2, 0.25) is 11.8 Å². The number of hydrazine groups is 1. The van der Waals surface area contributed by atoms with Gasteiger partial charge in [-0.2, -0.15) is 0 Å². The molecule has 1 aromatic rings. The Balaban J connectivity index is 2.22. The van der Waals surface area contributed by atoms with Gasteiger partial charge >= 0.3 is 0 Å². The quantitative estimate of drug-likeness (QED) is 0.467. The molecule has 2 atom stereocenters. The van der Waals surface area contributed by atoms with E-state index in [1.807, 2.05) is 13.8 Å². The van der Waals surface area contributed by atoms with E-state index in [0.29, 0.717) is 24.2 Å². The average Bonchev–Trinajstić information content (AvgIpc) is 3.11. The van der Waals surface area contributed by atoms with Crippen LogP contribution in [0.4, 0.5) is 0 Å². The number of carbonyl (C=O) groups excluding carboxylic acids is 2. The fraction of sp³-hybridized carbons (Fsp3) is 0.529. The van der Waals surface area contributed by atoms with Crippen LogP contribution in [0.5, 0.6) is 0 Å². The Bertz CT molecular complexity index is 662. The first kappa shape index (κ1) is 19.6. The number of aromatic nitrogens is 2. The smallest absolute Gasteiger partial charge is 0.247 e. The zero-order valence-electron chi connectivity index (χ0n) is 15.4. The summed E-state index contributed by atoms with van der Waals surface area (Å²) in [7, 11) is 1.57. The number of carbonyl (C=O) groups is 2. The number of hydrogen-bond donors (Lipinski definition) is 3. The van der Waals surface area contributed by atoms with Crippen molar-refractivity contribution >= 4 is 17.5 Å². The Kier molecular flexibility index (Phi) is 6.51. The predicted octanol–water partition coefficient (Wildman–Crippen LogP) is -0.329. The van der Waals surface area contributed by atoms with Crippen molar-refractivity contribution in [2.45, 2.75) is 38.8 Å². The summed E-state index contributed by atoms with van der Waals surface area (Å²) < 4.78 is 0. The van der Waals surface area contributed by atoms with Gasteiger partial charge in [0.1, 0.15) is 18.4 Å². The second-order valence-corrected chi connectivity index (χ2v) is 6.65. The van der Waals surface area contributed by atoms with Crippen LogP contribution in [-0.4, -0.2) is 57.4 Å². The second kappa shape index (κ2) is 8.61. The Labute approximate surface area is 153 Å². The molecule has 0 saturated carbocycles. The summed E-state index contributed by atoms with van der Waals surface area (Å²) in [6.45, 7) is 4.35. The zero-order valence-corrected chi connectivity index (χ0v) is 15.4. The zero-order chi connectivity index (χ0) is 19.3. The third-order valence-corrected chi connectivity index (χ3v) is 4.47. The average molecular weight is 361 g/mol. The summed E-state index contributed by atoms with van der Waals surface area (Å²) in [4.78, 5) is 34.6. The molecule has 1 saturated heterocycles. The topological polar surface area (TPSA) is 130 Å². The van der Waals surface area contributed by atoms with E-state index in [1.54, 1.807) is 24.3 Å². The number of rotatable bonds is 6. The molecular formula is C17H27N7O2. The SMILES string of the molecule is CNC(=O)C1CCCN1C(=O)C(C(C)C)N(N)/C=C(\N)c1cncnc1. The van der Waals surface area contributed by atoms with Crippen molar-refractivity contribution in [1.29, 1.82) is 0 Å². The molecule has 1 aromatic heterocycles. The normalized spacial score (nSPS) is 18.7. The molecule has 9 nitrogen and oxygen atoms in total. The lowest BCUT2D eigenvalue weighted by atomic mass is 10.0. The Morgan fingerprint density at radius 3 is 2.62 bits per heavy atom. The van der Waals surface area contributed by atoms with Crippen LogP contribution in [-0.2, 0) is 9.59 Å². The molecule has 26 heavy (non-hydrogen) atoms. The summed E-state index contributed by atoms with van der Waals surface area (Å²) in [6, 6.07) is -1.09. The van der Waals surface area contributed by atoms with Gasteiger partial charge in [-0.25, -0.2) is 15.8 Å². The monoisotopic (exact) mass is 361 g/mol. The molecule has 142 valence electrons. The number of likely N-dealkylation sites (tertiary alicyclic amines) is 1. The summed E-state index contributed by atoms with van der Waals surface area (Å²) in [5.41, 5.74) is 7.03. The van der Waals surface area contributed by atoms with E-state index in [4.69, 9.17) is 11.6 Å². The molecule has 0 spiro atoms.